The fourth-order valence-electron chi connectivity index (χ4n) is 3.87. The Morgan fingerprint density at radius 3 is 2.40 bits per heavy atom. The van der Waals surface area contributed by atoms with E-state index in [4.69, 9.17) is 14.5 Å². The minimum absolute atomic E-state index is 0.112. The van der Waals surface area contributed by atoms with Crippen molar-refractivity contribution in [2.45, 2.75) is 39.7 Å². The zero-order valence-electron chi connectivity index (χ0n) is 17.5. The molecule has 0 aliphatic carbocycles. The molecule has 5 heteroatoms. The topological polar surface area (TPSA) is 68.7 Å². The van der Waals surface area contributed by atoms with Crippen molar-refractivity contribution in [1.29, 1.82) is 0 Å². The summed E-state index contributed by atoms with van der Waals surface area (Å²) in [4.78, 5) is 16.8. The third-order valence-electron chi connectivity index (χ3n) is 5.43. The highest BCUT2D eigenvalue weighted by Gasteiger charge is 2.44. The van der Waals surface area contributed by atoms with E-state index in [9.17, 15) is 9.90 Å². The lowest BCUT2D eigenvalue weighted by Gasteiger charge is -2.36. The van der Waals surface area contributed by atoms with E-state index in [0.717, 1.165) is 28.1 Å². The van der Waals surface area contributed by atoms with E-state index in [1.165, 1.54) is 0 Å². The Balaban J connectivity index is 1.76. The normalized spacial score (nSPS) is 15.2. The van der Waals surface area contributed by atoms with Gasteiger partial charge in [-0.15, -0.1) is 0 Å². The van der Waals surface area contributed by atoms with Crippen LogP contribution in [0.15, 0.2) is 60.7 Å². The molecular weight excluding hydrogens is 378 g/mol. The van der Waals surface area contributed by atoms with E-state index in [1.54, 1.807) is 13.8 Å². The van der Waals surface area contributed by atoms with Crippen molar-refractivity contribution in [2.24, 2.45) is 5.41 Å². The minimum Gasteiger partial charge on any atom is -0.491 e. The monoisotopic (exact) mass is 403 g/mol. The second-order valence-corrected chi connectivity index (χ2v) is 8.38. The van der Waals surface area contributed by atoms with Crippen LogP contribution in [0, 0.1) is 5.41 Å². The summed E-state index contributed by atoms with van der Waals surface area (Å²) in [5.41, 5.74) is 2.32. The van der Waals surface area contributed by atoms with Gasteiger partial charge in [0.25, 0.3) is 0 Å². The first-order chi connectivity index (χ1) is 14.3. The van der Waals surface area contributed by atoms with Gasteiger partial charge in [-0.25, -0.2) is 4.98 Å². The van der Waals surface area contributed by atoms with E-state index >= 15 is 0 Å². The van der Waals surface area contributed by atoms with E-state index < -0.39 is 11.4 Å². The number of benzene rings is 2. The highest BCUT2D eigenvalue weighted by Crippen LogP contribution is 2.51. The lowest BCUT2D eigenvalue weighted by molar-refractivity contribution is -0.147. The van der Waals surface area contributed by atoms with Gasteiger partial charge >= 0.3 is 5.97 Å². The molecule has 2 aromatic carbocycles. The average molecular weight is 403 g/mol. The molecule has 154 valence electrons. The standard InChI is InChI=1S/C25H25NO4/c1-15(2)29-17-11-9-16(10-12-17)20-14-13-19-22(25(3,4)24(27)28)18-7-5-6-8-21(18)30-23(19)26-20/h5-15,22H,1-4H3,(H,27,28)/t22-/m0/s1. The van der Waals surface area contributed by atoms with Crippen LogP contribution in [0.1, 0.15) is 44.7 Å². The molecule has 0 unspecified atom stereocenters. The number of fused-ring (bicyclic) bond motifs is 2. The van der Waals surface area contributed by atoms with Gasteiger partial charge in [0.2, 0.25) is 5.88 Å². The second-order valence-electron chi connectivity index (χ2n) is 8.38. The van der Waals surface area contributed by atoms with Crippen molar-refractivity contribution in [1.82, 2.24) is 4.98 Å². The average Bonchev–Trinajstić information content (AvgIpc) is 2.71. The van der Waals surface area contributed by atoms with E-state index in [-0.39, 0.29) is 12.0 Å². The van der Waals surface area contributed by atoms with Crippen LogP contribution in [0.4, 0.5) is 0 Å². The number of nitrogens with zero attached hydrogens (tertiary/aromatic N) is 1. The molecule has 1 aliphatic rings. The minimum atomic E-state index is -1.02. The van der Waals surface area contributed by atoms with Crippen molar-refractivity contribution >= 4 is 5.97 Å². The number of para-hydroxylation sites is 1. The Morgan fingerprint density at radius 1 is 1.03 bits per heavy atom. The SMILES string of the molecule is CC(C)Oc1ccc(-c2ccc3c(n2)Oc2ccccc2[C@@H]3C(C)(C)C(=O)O)cc1. The zero-order valence-corrected chi connectivity index (χ0v) is 17.5. The van der Waals surface area contributed by atoms with Gasteiger partial charge in [0.15, 0.2) is 0 Å². The molecule has 0 bridgehead atoms. The molecule has 5 nitrogen and oxygen atoms in total. The van der Waals surface area contributed by atoms with Crippen LogP contribution in [0.3, 0.4) is 0 Å². The Hall–Kier alpha value is -3.34. The molecule has 0 amide bonds. The Kier molecular flexibility index (Phi) is 4.98. The molecule has 0 radical (unpaired) electrons. The molecule has 0 saturated heterocycles. The van der Waals surface area contributed by atoms with Gasteiger partial charge in [-0.2, -0.15) is 0 Å². The summed E-state index contributed by atoms with van der Waals surface area (Å²) in [6.45, 7) is 7.47. The number of aromatic nitrogens is 1. The highest BCUT2D eigenvalue weighted by atomic mass is 16.5. The van der Waals surface area contributed by atoms with Gasteiger partial charge in [0.1, 0.15) is 11.5 Å². The van der Waals surface area contributed by atoms with Crippen LogP contribution in [-0.4, -0.2) is 22.2 Å². The van der Waals surface area contributed by atoms with Crippen LogP contribution in [-0.2, 0) is 4.79 Å². The predicted molar refractivity (Wildman–Crippen MR) is 115 cm³/mol. The molecular formula is C25H25NO4. The highest BCUT2D eigenvalue weighted by molar-refractivity contribution is 5.77. The first kappa shape index (κ1) is 20.0. The summed E-state index contributed by atoms with van der Waals surface area (Å²) in [5.74, 6) is 0.682. The quantitative estimate of drug-likeness (QED) is 0.576. The number of carboxylic acids is 1. The lowest BCUT2D eigenvalue weighted by atomic mass is 9.70. The van der Waals surface area contributed by atoms with Crippen molar-refractivity contribution in [2.75, 3.05) is 0 Å². The molecule has 0 spiro atoms. The number of aliphatic carboxylic acids is 1. The van der Waals surface area contributed by atoms with Crippen molar-refractivity contribution in [3.05, 3.63) is 71.8 Å². The maximum Gasteiger partial charge on any atom is 0.310 e. The van der Waals surface area contributed by atoms with Gasteiger partial charge < -0.3 is 14.6 Å². The Bertz CT molecular complexity index is 1090. The molecule has 0 fully saturated rings. The van der Waals surface area contributed by atoms with Gasteiger partial charge in [0, 0.05) is 22.6 Å². The summed E-state index contributed by atoms with van der Waals surface area (Å²) in [7, 11) is 0. The maximum atomic E-state index is 12.1. The van der Waals surface area contributed by atoms with Crippen molar-refractivity contribution < 1.29 is 19.4 Å². The van der Waals surface area contributed by atoms with Gasteiger partial charge in [0.05, 0.1) is 17.2 Å². The van der Waals surface area contributed by atoms with Crippen LogP contribution >= 0.6 is 0 Å². The number of hydrogen-bond acceptors (Lipinski definition) is 4. The van der Waals surface area contributed by atoms with E-state index in [0.29, 0.717) is 11.6 Å². The molecule has 30 heavy (non-hydrogen) atoms. The molecule has 0 saturated carbocycles. The number of carboxylic acid groups (broad SMARTS) is 1. The Labute approximate surface area is 176 Å². The number of ether oxygens (including phenoxy) is 2. The third kappa shape index (κ3) is 3.52. The fraction of sp³-hybridized carbons (Fsp3) is 0.280. The van der Waals surface area contributed by atoms with Gasteiger partial charge in [-0.1, -0.05) is 24.3 Å². The summed E-state index contributed by atoms with van der Waals surface area (Å²) < 4.78 is 11.8. The van der Waals surface area contributed by atoms with Crippen molar-refractivity contribution in [3.8, 4) is 28.6 Å². The largest absolute Gasteiger partial charge is 0.491 e. The number of hydrogen-bond donors (Lipinski definition) is 1. The molecule has 1 aromatic heterocycles. The van der Waals surface area contributed by atoms with Crippen LogP contribution in [0.5, 0.6) is 17.4 Å². The van der Waals surface area contributed by atoms with Crippen LogP contribution in [0.25, 0.3) is 11.3 Å². The van der Waals surface area contributed by atoms with Gasteiger partial charge in [-0.05, 0) is 64.1 Å². The molecule has 1 N–H and O–H groups in total. The van der Waals surface area contributed by atoms with Gasteiger partial charge in [-0.3, -0.25) is 4.79 Å². The number of carbonyl (C=O) groups is 1. The number of pyridine rings is 1. The summed E-state index contributed by atoms with van der Waals surface area (Å²) in [6.07, 6.45) is 0.112. The summed E-state index contributed by atoms with van der Waals surface area (Å²) in [6, 6.07) is 19.2. The Morgan fingerprint density at radius 2 is 1.73 bits per heavy atom. The molecule has 1 aliphatic heterocycles. The maximum absolute atomic E-state index is 12.1. The first-order valence-corrected chi connectivity index (χ1v) is 10.1. The molecule has 3 aromatic rings. The molecule has 2 heterocycles. The summed E-state index contributed by atoms with van der Waals surface area (Å²) in [5, 5.41) is 9.89. The smallest absolute Gasteiger partial charge is 0.310 e. The molecule has 4 rings (SSSR count). The van der Waals surface area contributed by atoms with E-state index in [2.05, 4.69) is 0 Å². The van der Waals surface area contributed by atoms with Crippen LogP contribution < -0.4 is 9.47 Å². The predicted octanol–water partition coefficient (Wildman–Crippen LogP) is 5.88. The van der Waals surface area contributed by atoms with Crippen molar-refractivity contribution in [3.63, 3.8) is 0 Å². The fourth-order valence-corrected chi connectivity index (χ4v) is 3.87. The zero-order chi connectivity index (χ0) is 21.5. The number of rotatable bonds is 5. The van der Waals surface area contributed by atoms with Crippen LogP contribution in [0.2, 0.25) is 0 Å². The second kappa shape index (κ2) is 7.48. The summed E-state index contributed by atoms with van der Waals surface area (Å²) >= 11 is 0. The first-order valence-electron chi connectivity index (χ1n) is 10.1. The lowest BCUT2D eigenvalue weighted by Crippen LogP contribution is -2.33. The molecule has 1 atom stereocenters. The third-order valence-corrected chi connectivity index (χ3v) is 5.43. The van der Waals surface area contributed by atoms with E-state index in [1.807, 2.05) is 74.5 Å².